The summed E-state index contributed by atoms with van der Waals surface area (Å²) in [5.74, 6) is 1.64. The van der Waals surface area contributed by atoms with Crippen LogP contribution in [0.25, 0.3) is 22.5 Å². The summed E-state index contributed by atoms with van der Waals surface area (Å²) in [5.41, 5.74) is 11.3. The summed E-state index contributed by atoms with van der Waals surface area (Å²) in [4.78, 5) is 14.8. The number of aromatic nitrogens is 4. The third-order valence-corrected chi connectivity index (χ3v) is 7.23. The predicted octanol–water partition coefficient (Wildman–Crippen LogP) is 4.79. The molecule has 0 saturated carbocycles. The molecule has 2 aromatic carbocycles. The van der Waals surface area contributed by atoms with Gasteiger partial charge in [0.25, 0.3) is 0 Å². The van der Waals surface area contributed by atoms with Crippen LogP contribution in [0, 0.1) is 11.8 Å². The van der Waals surface area contributed by atoms with Gasteiger partial charge in [-0.3, -0.25) is 0 Å². The second-order valence-corrected chi connectivity index (χ2v) is 10.3. The van der Waals surface area contributed by atoms with Crippen LogP contribution in [0.1, 0.15) is 39.2 Å². The van der Waals surface area contributed by atoms with Gasteiger partial charge >= 0.3 is 6.03 Å². The first-order valence-corrected chi connectivity index (χ1v) is 12.5. The minimum Gasteiger partial charge on any atom is -0.370 e. The van der Waals surface area contributed by atoms with E-state index in [0.29, 0.717) is 24.1 Å². The number of benzene rings is 2. The Balaban J connectivity index is 1.77. The van der Waals surface area contributed by atoms with Crippen LogP contribution in [0.2, 0.25) is 0 Å². The van der Waals surface area contributed by atoms with E-state index >= 15 is 0 Å². The zero-order chi connectivity index (χ0) is 25.3. The Morgan fingerprint density at radius 1 is 1.08 bits per heavy atom. The number of urea groups is 1. The number of hydrogen-bond acceptors (Lipinski definition) is 5. The molecule has 8 nitrogen and oxygen atoms in total. The molecule has 5 rings (SSSR count). The number of para-hydroxylation sites is 1. The Bertz CT molecular complexity index is 1300. The van der Waals surface area contributed by atoms with E-state index < -0.39 is 11.6 Å². The molecule has 3 aromatic rings. The number of piperidine rings is 1. The molecular weight excluding hydrogens is 450 g/mol. The molecule has 3 atom stereocenters. The maximum Gasteiger partial charge on any atom is 0.313 e. The van der Waals surface area contributed by atoms with Crippen LogP contribution in [0.3, 0.4) is 0 Å². The number of primary amides is 1. The van der Waals surface area contributed by atoms with Gasteiger partial charge in [-0.1, -0.05) is 80.1 Å². The molecule has 0 radical (unpaired) electrons. The van der Waals surface area contributed by atoms with Gasteiger partial charge in [0.05, 0.1) is 11.2 Å². The number of H-pyrrole nitrogens is 1. The first kappa shape index (κ1) is 23.8. The molecule has 1 aliphatic heterocycles. The van der Waals surface area contributed by atoms with Crippen molar-refractivity contribution in [1.29, 1.82) is 0 Å². The number of anilines is 1. The summed E-state index contributed by atoms with van der Waals surface area (Å²) in [6.45, 7) is 8.55. The molecule has 2 amide bonds. The number of amides is 2. The van der Waals surface area contributed by atoms with Crippen LogP contribution < -0.4 is 16.0 Å². The van der Waals surface area contributed by atoms with Gasteiger partial charge in [0.1, 0.15) is 0 Å². The van der Waals surface area contributed by atoms with E-state index in [-0.39, 0.29) is 0 Å². The van der Waals surface area contributed by atoms with Gasteiger partial charge in [-0.2, -0.15) is 5.21 Å². The average Bonchev–Trinajstić information content (AvgIpc) is 3.39. The van der Waals surface area contributed by atoms with Gasteiger partial charge in [-0.05, 0) is 42.4 Å². The molecule has 1 aromatic heterocycles. The van der Waals surface area contributed by atoms with Gasteiger partial charge in [-0.15, -0.1) is 10.2 Å². The second-order valence-electron chi connectivity index (χ2n) is 10.3. The largest absolute Gasteiger partial charge is 0.370 e. The van der Waals surface area contributed by atoms with Crippen LogP contribution in [-0.4, -0.2) is 39.7 Å². The molecule has 0 bridgehead atoms. The first-order valence-electron chi connectivity index (χ1n) is 12.5. The lowest BCUT2D eigenvalue weighted by Gasteiger charge is -2.42. The molecule has 36 heavy (non-hydrogen) atoms. The maximum absolute atomic E-state index is 12.3. The van der Waals surface area contributed by atoms with E-state index in [1.165, 1.54) is 6.42 Å². The van der Waals surface area contributed by atoms with Crippen molar-refractivity contribution in [3.63, 3.8) is 0 Å². The van der Waals surface area contributed by atoms with Crippen molar-refractivity contribution in [3.05, 3.63) is 71.8 Å². The molecule has 2 heterocycles. The molecule has 0 spiro atoms. The van der Waals surface area contributed by atoms with Gasteiger partial charge in [0.2, 0.25) is 5.82 Å². The number of nitrogens with two attached hydrogens (primary N) is 1. The van der Waals surface area contributed by atoms with Crippen LogP contribution in [0.4, 0.5) is 10.5 Å². The van der Waals surface area contributed by atoms with E-state index in [0.717, 1.165) is 46.6 Å². The summed E-state index contributed by atoms with van der Waals surface area (Å²) in [7, 11) is 0. The Hall–Kier alpha value is -3.94. The second kappa shape index (κ2) is 9.60. The van der Waals surface area contributed by atoms with Crippen molar-refractivity contribution in [2.24, 2.45) is 17.6 Å². The van der Waals surface area contributed by atoms with Gasteiger partial charge < -0.3 is 16.0 Å². The number of carbonyl (C=O) groups is 1. The highest BCUT2D eigenvalue weighted by molar-refractivity contribution is 5.90. The van der Waals surface area contributed by atoms with Crippen molar-refractivity contribution >= 4 is 11.7 Å². The van der Waals surface area contributed by atoms with Crippen LogP contribution in [-0.2, 0) is 5.54 Å². The van der Waals surface area contributed by atoms with E-state index in [1.807, 2.05) is 18.2 Å². The fourth-order valence-corrected chi connectivity index (χ4v) is 5.81. The quantitative estimate of drug-likeness (QED) is 0.483. The zero-order valence-electron chi connectivity index (χ0n) is 21.0. The smallest absolute Gasteiger partial charge is 0.313 e. The van der Waals surface area contributed by atoms with Crippen molar-refractivity contribution in [2.45, 2.75) is 39.2 Å². The third kappa shape index (κ3) is 4.51. The minimum absolute atomic E-state index is 0.545. The van der Waals surface area contributed by atoms with Crippen molar-refractivity contribution in [3.8, 4) is 22.5 Å². The Morgan fingerprint density at radius 2 is 1.81 bits per heavy atom. The van der Waals surface area contributed by atoms with Crippen LogP contribution in [0.15, 0.2) is 66.3 Å². The average molecular weight is 484 g/mol. The predicted molar refractivity (Wildman–Crippen MR) is 142 cm³/mol. The Morgan fingerprint density at radius 3 is 2.44 bits per heavy atom. The number of carbonyl (C=O) groups excluding carboxylic acids is 1. The van der Waals surface area contributed by atoms with E-state index in [4.69, 9.17) is 5.73 Å². The monoisotopic (exact) mass is 483 g/mol. The highest BCUT2D eigenvalue weighted by Crippen LogP contribution is 2.46. The molecule has 1 saturated heterocycles. The number of nitrogens with one attached hydrogen (secondary N) is 2. The van der Waals surface area contributed by atoms with E-state index in [2.05, 4.69) is 94.1 Å². The van der Waals surface area contributed by atoms with E-state index in [9.17, 15) is 4.79 Å². The summed E-state index contributed by atoms with van der Waals surface area (Å²) >= 11 is 0. The van der Waals surface area contributed by atoms with Gasteiger partial charge in [0, 0.05) is 29.8 Å². The third-order valence-electron chi connectivity index (χ3n) is 7.23. The molecule has 2 aliphatic rings. The molecule has 1 aliphatic carbocycles. The fourth-order valence-electron chi connectivity index (χ4n) is 5.81. The lowest BCUT2D eigenvalue weighted by atomic mass is 9.78. The minimum atomic E-state index is -0.748. The highest BCUT2D eigenvalue weighted by Gasteiger charge is 2.37. The highest BCUT2D eigenvalue weighted by atomic mass is 16.2. The first-order chi connectivity index (χ1) is 17.4. The fraction of sp³-hybridized carbons (Fsp3) is 0.357. The number of hydrogen-bond donors (Lipinski definition) is 3. The summed E-state index contributed by atoms with van der Waals surface area (Å²) in [6, 6.07) is 13.9. The normalized spacial score (nSPS) is 23.9. The number of allylic oxidation sites excluding steroid dienone is 2. The number of tetrazole rings is 1. The van der Waals surface area contributed by atoms with Crippen LogP contribution in [0.5, 0.6) is 0 Å². The lowest BCUT2D eigenvalue weighted by molar-refractivity contribution is 0.239. The molecule has 186 valence electrons. The zero-order valence-corrected chi connectivity index (χ0v) is 21.0. The summed E-state index contributed by atoms with van der Waals surface area (Å²) < 4.78 is 0. The van der Waals surface area contributed by atoms with Crippen LogP contribution >= 0.6 is 0 Å². The van der Waals surface area contributed by atoms with E-state index in [1.54, 1.807) is 0 Å². The molecule has 3 unspecified atom stereocenters. The summed E-state index contributed by atoms with van der Waals surface area (Å²) in [6.07, 6.45) is 8.11. The Kier molecular flexibility index (Phi) is 6.35. The van der Waals surface area contributed by atoms with Crippen molar-refractivity contribution < 1.29 is 4.79 Å². The lowest BCUT2D eigenvalue weighted by Crippen LogP contribution is -2.49. The standard InChI is InChI=1S/C28H33N7O/c1-18-11-13-28(14-12-18,30-27(29)36)24-10-6-9-22(25(24)35-16-19(2)15-20(3)17-35)21-7-4-5-8-23(21)26-31-33-34-32-26/h4-13,19-20H,14-17H2,1-3H3,(H3,29,30,36)(H,31,32,33,34). The number of nitrogens with zero attached hydrogens (tertiary/aromatic N) is 4. The van der Waals surface area contributed by atoms with Gasteiger partial charge in [-0.25, -0.2) is 4.79 Å². The maximum atomic E-state index is 12.3. The molecule has 1 fully saturated rings. The SMILES string of the molecule is CC1=CCC(NC(N)=O)(c2cccc(-c3ccccc3-c3nn[nH]n3)c2N2CC(C)CC(C)C2)C=C1. The Labute approximate surface area is 211 Å². The topological polar surface area (TPSA) is 113 Å². The molecular formula is C28H33N7O. The van der Waals surface area contributed by atoms with Crippen molar-refractivity contribution in [1.82, 2.24) is 25.9 Å². The van der Waals surface area contributed by atoms with Gasteiger partial charge in [0.15, 0.2) is 0 Å². The summed E-state index contributed by atoms with van der Waals surface area (Å²) in [5, 5.41) is 18.0. The molecule has 4 N–H and O–H groups in total. The molecule has 8 heteroatoms. The number of aromatic amines is 1. The van der Waals surface area contributed by atoms with Crippen molar-refractivity contribution in [2.75, 3.05) is 18.0 Å². The number of rotatable bonds is 5.